The molecule has 0 atom stereocenters. The van der Waals surface area contributed by atoms with Crippen LogP contribution in [0.2, 0.25) is 5.02 Å². The van der Waals surface area contributed by atoms with Crippen molar-refractivity contribution in [3.05, 3.63) is 28.8 Å². The van der Waals surface area contributed by atoms with Gasteiger partial charge in [0, 0.05) is 0 Å². The molecule has 9 heteroatoms. The first-order valence-electron chi connectivity index (χ1n) is 4.64. The molecule has 0 bridgehead atoms. The highest BCUT2D eigenvalue weighted by Crippen LogP contribution is 2.33. The lowest BCUT2D eigenvalue weighted by Crippen LogP contribution is -2.19. The second-order valence-electron chi connectivity index (χ2n) is 3.34. The van der Waals surface area contributed by atoms with Gasteiger partial charge in [-0.25, -0.2) is 8.42 Å². The molecule has 1 rings (SSSR count). The Balaban J connectivity index is 3.01. The molecule has 0 amide bonds. The van der Waals surface area contributed by atoms with E-state index in [0.29, 0.717) is 12.1 Å². The monoisotopic (exact) mass is 303 g/mol. The fraction of sp³-hybridized carbons (Fsp3) is 0.333. The van der Waals surface area contributed by atoms with Gasteiger partial charge in [-0.3, -0.25) is 4.72 Å². The molecule has 0 heterocycles. The summed E-state index contributed by atoms with van der Waals surface area (Å²) in [5.41, 5.74) is -1.14. The largest absolute Gasteiger partial charge is 0.416 e. The normalized spacial score (nSPS) is 12.5. The Morgan fingerprint density at radius 2 is 1.94 bits per heavy atom. The number of aliphatic hydroxyl groups is 1. The number of hydrogen-bond acceptors (Lipinski definition) is 3. The van der Waals surface area contributed by atoms with Crippen molar-refractivity contribution in [2.75, 3.05) is 17.1 Å². The highest BCUT2D eigenvalue weighted by molar-refractivity contribution is 7.92. The molecule has 0 aliphatic heterocycles. The van der Waals surface area contributed by atoms with Crippen LogP contribution in [-0.4, -0.2) is 25.9 Å². The SMILES string of the molecule is O=S(=O)(CCO)Nc1ccc(C(F)(F)F)cc1Cl. The van der Waals surface area contributed by atoms with Crippen molar-refractivity contribution in [2.45, 2.75) is 6.18 Å². The third-order valence-corrected chi connectivity index (χ3v) is 3.49. The zero-order chi connectivity index (χ0) is 14.0. The predicted molar refractivity (Wildman–Crippen MR) is 60.9 cm³/mol. The quantitative estimate of drug-likeness (QED) is 0.895. The number of anilines is 1. The minimum atomic E-state index is -4.55. The fourth-order valence-electron chi connectivity index (χ4n) is 1.11. The van der Waals surface area contributed by atoms with Crippen LogP contribution in [0.25, 0.3) is 0 Å². The van der Waals surface area contributed by atoms with Crippen molar-refractivity contribution in [1.29, 1.82) is 0 Å². The maximum Gasteiger partial charge on any atom is 0.416 e. The van der Waals surface area contributed by atoms with Crippen LogP contribution in [0.3, 0.4) is 0 Å². The predicted octanol–water partition coefficient (Wildman–Crippen LogP) is 2.09. The first-order valence-corrected chi connectivity index (χ1v) is 6.67. The van der Waals surface area contributed by atoms with E-state index < -0.39 is 34.1 Å². The van der Waals surface area contributed by atoms with Crippen molar-refractivity contribution in [1.82, 2.24) is 0 Å². The molecular weight excluding hydrogens is 295 g/mol. The van der Waals surface area contributed by atoms with Gasteiger partial charge in [0.2, 0.25) is 10.0 Å². The summed E-state index contributed by atoms with van der Waals surface area (Å²) >= 11 is 5.55. The first kappa shape index (κ1) is 15.1. The van der Waals surface area contributed by atoms with Crippen molar-refractivity contribution < 1.29 is 26.7 Å². The Kier molecular flexibility index (Phi) is 4.46. The molecule has 0 fully saturated rings. The van der Waals surface area contributed by atoms with E-state index in [0.717, 1.165) is 6.07 Å². The van der Waals surface area contributed by atoms with Crippen LogP contribution in [0.5, 0.6) is 0 Å². The van der Waals surface area contributed by atoms with Crippen molar-refractivity contribution >= 4 is 27.3 Å². The third kappa shape index (κ3) is 4.04. The Morgan fingerprint density at radius 1 is 1.33 bits per heavy atom. The molecule has 0 aromatic heterocycles. The Labute approximate surface area is 106 Å². The van der Waals surface area contributed by atoms with E-state index in [1.165, 1.54) is 0 Å². The van der Waals surface area contributed by atoms with E-state index >= 15 is 0 Å². The molecule has 4 nitrogen and oxygen atoms in total. The summed E-state index contributed by atoms with van der Waals surface area (Å²) in [6, 6.07) is 2.25. The average Bonchev–Trinajstić information content (AvgIpc) is 2.19. The second kappa shape index (κ2) is 5.33. The zero-order valence-corrected chi connectivity index (χ0v) is 10.4. The number of benzene rings is 1. The van der Waals surface area contributed by atoms with Crippen LogP contribution < -0.4 is 4.72 Å². The maximum absolute atomic E-state index is 12.3. The minimum absolute atomic E-state index is 0.168. The molecule has 0 saturated carbocycles. The van der Waals surface area contributed by atoms with Gasteiger partial charge in [-0.1, -0.05) is 11.6 Å². The van der Waals surface area contributed by atoms with Crippen molar-refractivity contribution in [3.8, 4) is 0 Å². The van der Waals surface area contributed by atoms with Crippen LogP contribution in [0.4, 0.5) is 18.9 Å². The number of rotatable bonds is 4. The number of alkyl halides is 3. The molecule has 0 unspecified atom stereocenters. The zero-order valence-electron chi connectivity index (χ0n) is 8.83. The second-order valence-corrected chi connectivity index (χ2v) is 5.59. The Morgan fingerprint density at radius 3 is 2.39 bits per heavy atom. The Bertz CT molecular complexity index is 530. The molecule has 1 aromatic carbocycles. The molecule has 2 N–H and O–H groups in total. The molecular formula is C9H9ClF3NO3S. The summed E-state index contributed by atoms with van der Waals surface area (Å²) in [4.78, 5) is 0. The van der Waals surface area contributed by atoms with Gasteiger partial charge in [0.05, 0.1) is 28.6 Å². The van der Waals surface area contributed by atoms with Gasteiger partial charge in [0.1, 0.15) is 0 Å². The lowest BCUT2D eigenvalue weighted by atomic mass is 10.2. The van der Waals surface area contributed by atoms with Gasteiger partial charge in [-0.2, -0.15) is 13.2 Å². The number of nitrogens with one attached hydrogen (secondary N) is 1. The van der Waals surface area contributed by atoms with Gasteiger partial charge >= 0.3 is 6.18 Å². The summed E-state index contributed by atoms with van der Waals surface area (Å²) in [6.45, 7) is -0.604. The molecule has 1 aromatic rings. The fourth-order valence-corrected chi connectivity index (χ4v) is 2.25. The highest BCUT2D eigenvalue weighted by atomic mass is 35.5. The number of sulfonamides is 1. The van der Waals surface area contributed by atoms with Crippen LogP contribution in [0, 0.1) is 0 Å². The minimum Gasteiger partial charge on any atom is -0.395 e. The highest BCUT2D eigenvalue weighted by Gasteiger charge is 2.31. The number of halogens is 4. The van der Waals surface area contributed by atoms with Gasteiger partial charge in [0.15, 0.2) is 0 Å². The van der Waals surface area contributed by atoms with E-state index in [4.69, 9.17) is 16.7 Å². The van der Waals surface area contributed by atoms with E-state index in [-0.39, 0.29) is 10.7 Å². The van der Waals surface area contributed by atoms with E-state index in [1.54, 1.807) is 0 Å². The number of hydrogen-bond donors (Lipinski definition) is 2. The lowest BCUT2D eigenvalue weighted by Gasteiger charge is -2.11. The molecule has 18 heavy (non-hydrogen) atoms. The average molecular weight is 304 g/mol. The van der Waals surface area contributed by atoms with Crippen LogP contribution in [-0.2, 0) is 16.2 Å². The standard InChI is InChI=1S/C9H9ClF3NO3S/c10-7-5-6(9(11,12)13)1-2-8(7)14-18(16,17)4-3-15/h1-2,5,14-15H,3-4H2. The summed E-state index contributed by atoms with van der Waals surface area (Å²) in [5.74, 6) is -0.565. The van der Waals surface area contributed by atoms with Crippen LogP contribution in [0.15, 0.2) is 18.2 Å². The van der Waals surface area contributed by atoms with Crippen LogP contribution in [0.1, 0.15) is 5.56 Å². The summed E-state index contributed by atoms with van der Waals surface area (Å²) in [6.07, 6.45) is -4.55. The van der Waals surface area contributed by atoms with Gasteiger partial charge in [0.25, 0.3) is 0 Å². The van der Waals surface area contributed by atoms with E-state index in [9.17, 15) is 21.6 Å². The van der Waals surface area contributed by atoms with Crippen molar-refractivity contribution in [3.63, 3.8) is 0 Å². The molecule has 0 aliphatic rings. The summed E-state index contributed by atoms with van der Waals surface area (Å²) in [7, 11) is -3.82. The molecule has 0 radical (unpaired) electrons. The van der Waals surface area contributed by atoms with Crippen LogP contribution >= 0.6 is 11.6 Å². The van der Waals surface area contributed by atoms with E-state index in [1.807, 2.05) is 4.72 Å². The Hall–Kier alpha value is -0.990. The van der Waals surface area contributed by atoms with Crippen molar-refractivity contribution in [2.24, 2.45) is 0 Å². The lowest BCUT2D eigenvalue weighted by molar-refractivity contribution is -0.137. The topological polar surface area (TPSA) is 66.4 Å². The molecule has 0 spiro atoms. The number of aliphatic hydroxyl groups excluding tert-OH is 1. The summed E-state index contributed by atoms with van der Waals surface area (Å²) in [5, 5.41) is 8.13. The first-order chi connectivity index (χ1) is 8.15. The van der Waals surface area contributed by atoms with Gasteiger partial charge in [-0.05, 0) is 18.2 Å². The van der Waals surface area contributed by atoms with Gasteiger partial charge < -0.3 is 5.11 Å². The third-order valence-electron chi connectivity index (χ3n) is 1.92. The summed E-state index contributed by atoms with van der Waals surface area (Å²) < 4.78 is 61.5. The maximum atomic E-state index is 12.3. The smallest absolute Gasteiger partial charge is 0.395 e. The van der Waals surface area contributed by atoms with Gasteiger partial charge in [-0.15, -0.1) is 0 Å². The van der Waals surface area contributed by atoms with E-state index in [2.05, 4.69) is 0 Å². The molecule has 102 valence electrons. The molecule has 0 saturated heterocycles. The molecule has 0 aliphatic carbocycles.